The maximum Gasteiger partial charge on any atom is 0.329 e. The second-order valence-corrected chi connectivity index (χ2v) is 6.72. The number of morpholine rings is 1. The summed E-state index contributed by atoms with van der Waals surface area (Å²) in [6, 6.07) is 7.17. The van der Waals surface area contributed by atoms with Crippen molar-refractivity contribution < 1.29 is 14.3 Å². The number of likely N-dealkylation sites (tertiary alicyclic amines) is 1. The standard InChI is InChI=1S/C16H20N2O3/c1-16(2,3)10-4-6-11(7-5-10)17-15(20)18-9-12-8-13(18)14(19)21-12/h4-7,12-13H,8-9H2,1-3H3,(H,17,20)/t12-,13-/m0/s1. The zero-order valence-corrected chi connectivity index (χ0v) is 12.6. The third-order valence-electron chi connectivity index (χ3n) is 4.08. The van der Waals surface area contributed by atoms with Gasteiger partial charge in [0.15, 0.2) is 0 Å². The number of urea groups is 1. The second-order valence-electron chi connectivity index (χ2n) is 6.72. The summed E-state index contributed by atoms with van der Waals surface area (Å²) >= 11 is 0. The number of fused-ring (bicyclic) bond motifs is 2. The van der Waals surface area contributed by atoms with E-state index in [2.05, 4.69) is 26.1 Å². The number of nitrogens with zero attached hydrogens (tertiary/aromatic N) is 1. The van der Waals surface area contributed by atoms with Crippen LogP contribution >= 0.6 is 0 Å². The van der Waals surface area contributed by atoms with Gasteiger partial charge in [-0.3, -0.25) is 0 Å². The zero-order valence-electron chi connectivity index (χ0n) is 12.6. The molecule has 5 heteroatoms. The summed E-state index contributed by atoms with van der Waals surface area (Å²) in [6.07, 6.45) is 0.492. The Morgan fingerprint density at radius 1 is 1.29 bits per heavy atom. The van der Waals surface area contributed by atoms with E-state index in [9.17, 15) is 9.59 Å². The normalized spacial score (nSPS) is 24.1. The van der Waals surface area contributed by atoms with Gasteiger partial charge >= 0.3 is 12.0 Å². The van der Waals surface area contributed by atoms with Crippen LogP contribution < -0.4 is 5.32 Å². The molecule has 1 N–H and O–H groups in total. The topological polar surface area (TPSA) is 58.6 Å². The third-order valence-corrected chi connectivity index (χ3v) is 4.08. The van der Waals surface area contributed by atoms with E-state index < -0.39 is 6.04 Å². The second kappa shape index (κ2) is 4.76. The molecular formula is C16H20N2O3. The molecule has 0 aromatic heterocycles. The first-order chi connectivity index (χ1) is 9.84. The van der Waals surface area contributed by atoms with Gasteiger partial charge < -0.3 is 15.0 Å². The number of rotatable bonds is 1. The first kappa shape index (κ1) is 13.9. The van der Waals surface area contributed by atoms with E-state index in [0.717, 1.165) is 5.69 Å². The van der Waals surface area contributed by atoms with Gasteiger partial charge in [-0.2, -0.15) is 0 Å². The van der Waals surface area contributed by atoms with E-state index in [1.807, 2.05) is 24.3 Å². The van der Waals surface area contributed by atoms with Crippen molar-refractivity contribution in [3.05, 3.63) is 29.8 Å². The van der Waals surface area contributed by atoms with Gasteiger partial charge in [0.2, 0.25) is 0 Å². The minimum Gasteiger partial charge on any atom is -0.459 e. The molecule has 21 heavy (non-hydrogen) atoms. The summed E-state index contributed by atoms with van der Waals surface area (Å²) in [5.41, 5.74) is 2.04. The van der Waals surface area contributed by atoms with Gasteiger partial charge in [-0.25, -0.2) is 9.59 Å². The van der Waals surface area contributed by atoms with Crippen LogP contribution in [0.2, 0.25) is 0 Å². The number of anilines is 1. The number of amides is 2. The van der Waals surface area contributed by atoms with Gasteiger partial charge in [0, 0.05) is 12.1 Å². The summed E-state index contributed by atoms with van der Waals surface area (Å²) in [5.74, 6) is -0.288. The van der Waals surface area contributed by atoms with Crippen LogP contribution in [0.4, 0.5) is 10.5 Å². The van der Waals surface area contributed by atoms with Gasteiger partial charge in [0.1, 0.15) is 12.1 Å². The summed E-state index contributed by atoms with van der Waals surface area (Å²) in [5, 5.41) is 2.85. The Hall–Kier alpha value is -2.04. The quantitative estimate of drug-likeness (QED) is 0.808. The van der Waals surface area contributed by atoms with Crippen LogP contribution in [-0.2, 0) is 14.9 Å². The Morgan fingerprint density at radius 3 is 2.48 bits per heavy atom. The smallest absolute Gasteiger partial charge is 0.329 e. The highest BCUT2D eigenvalue weighted by Gasteiger charge is 2.48. The highest BCUT2D eigenvalue weighted by molar-refractivity contribution is 5.94. The first-order valence-electron chi connectivity index (χ1n) is 7.23. The molecule has 112 valence electrons. The number of esters is 1. The van der Waals surface area contributed by atoms with Crippen molar-refractivity contribution >= 4 is 17.7 Å². The molecular weight excluding hydrogens is 268 g/mol. The van der Waals surface area contributed by atoms with Crippen molar-refractivity contribution in [2.75, 3.05) is 11.9 Å². The Labute approximate surface area is 124 Å². The van der Waals surface area contributed by atoms with Crippen molar-refractivity contribution in [2.45, 2.75) is 44.8 Å². The summed E-state index contributed by atoms with van der Waals surface area (Å²) in [6.45, 7) is 6.93. The zero-order chi connectivity index (χ0) is 15.2. The molecule has 0 spiro atoms. The SMILES string of the molecule is CC(C)(C)c1ccc(NC(=O)N2C[C@@H]3C[C@H]2C(=O)O3)cc1. The van der Waals surface area contributed by atoms with Crippen LogP contribution in [0.1, 0.15) is 32.8 Å². The number of nitrogens with one attached hydrogen (secondary N) is 1. The highest BCUT2D eigenvalue weighted by atomic mass is 16.6. The number of benzene rings is 1. The number of hydrogen-bond donors (Lipinski definition) is 1. The van der Waals surface area contributed by atoms with Crippen molar-refractivity contribution in [2.24, 2.45) is 0 Å². The van der Waals surface area contributed by atoms with Gasteiger partial charge in [-0.05, 0) is 23.1 Å². The fraction of sp³-hybridized carbons (Fsp3) is 0.500. The van der Waals surface area contributed by atoms with Crippen LogP contribution in [0.15, 0.2) is 24.3 Å². The van der Waals surface area contributed by atoms with Crippen LogP contribution in [0.25, 0.3) is 0 Å². The lowest BCUT2D eigenvalue weighted by Gasteiger charge is -2.26. The Balaban J connectivity index is 1.67. The maximum absolute atomic E-state index is 12.2. The average molecular weight is 288 g/mol. The molecule has 2 heterocycles. The minimum absolute atomic E-state index is 0.0837. The van der Waals surface area contributed by atoms with Crippen molar-refractivity contribution in [3.63, 3.8) is 0 Å². The van der Waals surface area contributed by atoms with E-state index in [-0.39, 0.29) is 23.5 Å². The molecule has 2 aliphatic rings. The lowest BCUT2D eigenvalue weighted by Crippen LogP contribution is -2.46. The predicted molar refractivity (Wildman–Crippen MR) is 79.2 cm³/mol. The predicted octanol–water partition coefficient (Wildman–Crippen LogP) is 2.52. The third kappa shape index (κ3) is 2.60. The van der Waals surface area contributed by atoms with Crippen LogP contribution in [0, 0.1) is 0 Å². The molecule has 3 rings (SSSR count). The number of carbonyl (C=O) groups excluding carboxylic acids is 2. The van der Waals surface area contributed by atoms with E-state index in [1.54, 1.807) is 4.90 Å². The monoisotopic (exact) mass is 288 g/mol. The fourth-order valence-corrected chi connectivity index (χ4v) is 2.82. The Morgan fingerprint density at radius 2 is 1.95 bits per heavy atom. The van der Waals surface area contributed by atoms with E-state index >= 15 is 0 Å². The minimum atomic E-state index is -0.413. The van der Waals surface area contributed by atoms with Crippen LogP contribution in [0.5, 0.6) is 0 Å². The molecule has 2 amide bonds. The van der Waals surface area contributed by atoms with Gasteiger partial charge in [0.05, 0.1) is 6.54 Å². The summed E-state index contributed by atoms with van der Waals surface area (Å²) < 4.78 is 5.08. The van der Waals surface area contributed by atoms with E-state index in [1.165, 1.54) is 5.56 Å². The summed E-state index contributed by atoms with van der Waals surface area (Å²) in [7, 11) is 0. The number of hydrogen-bond acceptors (Lipinski definition) is 3. The summed E-state index contributed by atoms with van der Waals surface area (Å²) in [4.78, 5) is 25.3. The Bertz CT molecular complexity index is 574. The van der Waals surface area contributed by atoms with E-state index in [0.29, 0.717) is 13.0 Å². The molecule has 0 radical (unpaired) electrons. The lowest BCUT2D eigenvalue weighted by molar-refractivity contribution is -0.149. The number of carbonyl (C=O) groups is 2. The lowest BCUT2D eigenvalue weighted by atomic mass is 9.87. The number of ether oxygens (including phenoxy) is 1. The van der Waals surface area contributed by atoms with Crippen molar-refractivity contribution in [3.8, 4) is 0 Å². The molecule has 2 atom stereocenters. The fourth-order valence-electron chi connectivity index (χ4n) is 2.82. The molecule has 2 bridgehead atoms. The molecule has 5 nitrogen and oxygen atoms in total. The van der Waals surface area contributed by atoms with E-state index in [4.69, 9.17) is 4.74 Å². The molecule has 2 fully saturated rings. The molecule has 0 saturated carbocycles. The van der Waals surface area contributed by atoms with Gasteiger partial charge in [-0.1, -0.05) is 32.9 Å². The van der Waals surface area contributed by atoms with Gasteiger partial charge in [-0.15, -0.1) is 0 Å². The van der Waals surface area contributed by atoms with Crippen LogP contribution in [-0.4, -0.2) is 35.6 Å². The maximum atomic E-state index is 12.2. The molecule has 0 aliphatic carbocycles. The molecule has 1 aromatic carbocycles. The average Bonchev–Trinajstić information content (AvgIpc) is 2.97. The van der Waals surface area contributed by atoms with Crippen molar-refractivity contribution in [1.82, 2.24) is 4.90 Å². The van der Waals surface area contributed by atoms with Crippen LogP contribution in [0.3, 0.4) is 0 Å². The molecule has 0 unspecified atom stereocenters. The highest BCUT2D eigenvalue weighted by Crippen LogP contribution is 2.29. The first-order valence-corrected chi connectivity index (χ1v) is 7.23. The molecule has 2 saturated heterocycles. The molecule has 1 aromatic rings. The van der Waals surface area contributed by atoms with Crippen molar-refractivity contribution in [1.29, 1.82) is 0 Å². The Kier molecular flexibility index (Phi) is 3.15. The molecule has 2 aliphatic heterocycles. The largest absolute Gasteiger partial charge is 0.459 e. The van der Waals surface area contributed by atoms with Gasteiger partial charge in [0.25, 0.3) is 0 Å².